The molecule has 0 bridgehead atoms. The average molecular weight is 324 g/mol. The minimum Gasteiger partial charge on any atom is -0.481 e. The van der Waals surface area contributed by atoms with Gasteiger partial charge in [-0.25, -0.2) is 0 Å². The Morgan fingerprint density at radius 1 is 1.27 bits per heavy atom. The number of carbonyl (C=O) groups is 3. The maximum absolute atomic E-state index is 12.4. The van der Waals surface area contributed by atoms with Crippen molar-refractivity contribution in [1.82, 2.24) is 9.80 Å². The first-order valence-electron chi connectivity index (χ1n) is 7.24. The predicted octanol–water partition coefficient (Wildman–Crippen LogP) is 1.19. The quantitative estimate of drug-likeness (QED) is 0.795. The molecule has 1 atom stereocenters. The molecule has 2 heterocycles. The highest BCUT2D eigenvalue weighted by Crippen LogP contribution is 2.19. The molecule has 0 radical (unpaired) electrons. The van der Waals surface area contributed by atoms with Gasteiger partial charge in [0.1, 0.15) is 0 Å². The van der Waals surface area contributed by atoms with Gasteiger partial charge in [0.05, 0.1) is 11.3 Å². The highest BCUT2D eigenvalue weighted by molar-refractivity contribution is 7.12. The number of ketones is 1. The summed E-state index contributed by atoms with van der Waals surface area (Å²) in [5.74, 6) is -1.56. The smallest absolute Gasteiger partial charge is 0.304 e. The molecule has 0 spiro atoms. The highest BCUT2D eigenvalue weighted by atomic mass is 32.1. The van der Waals surface area contributed by atoms with Gasteiger partial charge in [-0.1, -0.05) is 6.07 Å². The van der Waals surface area contributed by atoms with Crippen LogP contribution in [0.2, 0.25) is 0 Å². The zero-order valence-electron chi connectivity index (χ0n) is 12.5. The summed E-state index contributed by atoms with van der Waals surface area (Å²) in [7, 11) is 0. The van der Waals surface area contributed by atoms with Crippen molar-refractivity contribution in [2.45, 2.75) is 13.3 Å². The van der Waals surface area contributed by atoms with Crippen LogP contribution in [0.25, 0.3) is 0 Å². The summed E-state index contributed by atoms with van der Waals surface area (Å²) in [6.45, 7) is 4.57. The van der Waals surface area contributed by atoms with Gasteiger partial charge in [0, 0.05) is 45.6 Å². The fraction of sp³-hybridized carbons (Fsp3) is 0.533. The molecule has 120 valence electrons. The molecule has 1 aliphatic rings. The largest absolute Gasteiger partial charge is 0.481 e. The van der Waals surface area contributed by atoms with E-state index in [1.807, 2.05) is 5.38 Å². The van der Waals surface area contributed by atoms with Crippen LogP contribution < -0.4 is 0 Å². The normalized spacial score (nSPS) is 17.2. The van der Waals surface area contributed by atoms with Crippen LogP contribution in [0.5, 0.6) is 0 Å². The van der Waals surface area contributed by atoms with Crippen LogP contribution >= 0.6 is 11.3 Å². The number of carbonyl (C=O) groups excluding carboxylic acids is 2. The van der Waals surface area contributed by atoms with Gasteiger partial charge in [0.15, 0.2) is 5.78 Å². The van der Waals surface area contributed by atoms with E-state index in [1.54, 1.807) is 24.0 Å². The Morgan fingerprint density at radius 3 is 2.45 bits per heavy atom. The summed E-state index contributed by atoms with van der Waals surface area (Å²) >= 11 is 1.34. The molecule has 6 nitrogen and oxygen atoms in total. The van der Waals surface area contributed by atoms with Crippen molar-refractivity contribution >= 4 is 29.0 Å². The van der Waals surface area contributed by atoms with E-state index in [0.717, 1.165) is 0 Å². The number of hydrogen-bond donors (Lipinski definition) is 1. The second-order valence-corrected chi connectivity index (χ2v) is 6.39. The minimum absolute atomic E-state index is 0.0522. The topological polar surface area (TPSA) is 77.9 Å². The number of aliphatic carboxylic acids is 1. The molecule has 1 N–H and O–H groups in total. The van der Waals surface area contributed by atoms with Crippen molar-refractivity contribution in [2.75, 3.05) is 32.7 Å². The Balaban J connectivity index is 1.97. The fourth-order valence-corrected chi connectivity index (χ4v) is 3.37. The molecule has 22 heavy (non-hydrogen) atoms. The van der Waals surface area contributed by atoms with Crippen molar-refractivity contribution in [3.63, 3.8) is 0 Å². The Hall–Kier alpha value is -1.73. The first-order valence-corrected chi connectivity index (χ1v) is 8.12. The third kappa shape index (κ3) is 4.38. The zero-order valence-corrected chi connectivity index (χ0v) is 13.3. The van der Waals surface area contributed by atoms with Crippen LogP contribution in [-0.2, 0) is 9.59 Å². The van der Waals surface area contributed by atoms with Crippen molar-refractivity contribution in [3.05, 3.63) is 22.4 Å². The van der Waals surface area contributed by atoms with Gasteiger partial charge >= 0.3 is 5.97 Å². The number of Topliss-reactive ketones (excluding diaryl/α,β-unsaturated/α-hetero) is 1. The van der Waals surface area contributed by atoms with E-state index in [0.29, 0.717) is 37.6 Å². The van der Waals surface area contributed by atoms with E-state index in [9.17, 15) is 14.4 Å². The van der Waals surface area contributed by atoms with Gasteiger partial charge in [0.25, 0.3) is 0 Å². The maximum atomic E-state index is 12.4. The average Bonchev–Trinajstić information content (AvgIpc) is 3.00. The molecule has 1 aromatic heterocycles. The van der Waals surface area contributed by atoms with Crippen molar-refractivity contribution < 1.29 is 19.5 Å². The summed E-state index contributed by atoms with van der Waals surface area (Å²) in [5.41, 5.74) is 0. The highest BCUT2D eigenvalue weighted by Gasteiger charge is 2.28. The number of hydrogen-bond acceptors (Lipinski definition) is 5. The van der Waals surface area contributed by atoms with E-state index in [1.165, 1.54) is 11.3 Å². The molecular formula is C15H20N2O4S. The molecule has 0 aliphatic carbocycles. The van der Waals surface area contributed by atoms with Gasteiger partial charge in [-0.2, -0.15) is 0 Å². The first kappa shape index (κ1) is 16.6. The van der Waals surface area contributed by atoms with Gasteiger partial charge in [-0.15, -0.1) is 11.3 Å². The molecule has 1 amide bonds. The lowest BCUT2D eigenvalue weighted by atomic mass is 9.98. The number of nitrogens with zero attached hydrogens (tertiary/aromatic N) is 2. The first-order chi connectivity index (χ1) is 10.5. The van der Waals surface area contributed by atoms with E-state index in [2.05, 4.69) is 4.90 Å². The van der Waals surface area contributed by atoms with Crippen LogP contribution in [0.15, 0.2) is 17.5 Å². The Bertz CT molecular complexity index is 536. The fourth-order valence-electron chi connectivity index (χ4n) is 2.63. The molecule has 0 saturated carbocycles. The SMILES string of the molecule is CC(=O)N1CCN(CC(CC(=O)O)C(=O)c2cccs2)CC1. The number of carboxylic acid groups (broad SMARTS) is 1. The van der Waals surface area contributed by atoms with E-state index in [-0.39, 0.29) is 18.1 Å². The summed E-state index contributed by atoms with van der Waals surface area (Å²) in [6.07, 6.45) is -0.163. The van der Waals surface area contributed by atoms with E-state index in [4.69, 9.17) is 5.11 Å². The van der Waals surface area contributed by atoms with Gasteiger partial charge in [0.2, 0.25) is 5.91 Å². The molecule has 2 rings (SSSR count). The summed E-state index contributed by atoms with van der Waals surface area (Å²) in [5, 5.41) is 10.9. The monoisotopic (exact) mass is 324 g/mol. The zero-order chi connectivity index (χ0) is 16.1. The molecule has 1 aromatic rings. The van der Waals surface area contributed by atoms with Crippen molar-refractivity contribution in [3.8, 4) is 0 Å². The Kier molecular flexibility index (Phi) is 5.68. The number of amides is 1. The molecule has 1 aliphatic heterocycles. The predicted molar refractivity (Wildman–Crippen MR) is 83.1 cm³/mol. The van der Waals surface area contributed by atoms with Crippen molar-refractivity contribution in [1.29, 1.82) is 0 Å². The molecule has 0 aromatic carbocycles. The third-order valence-electron chi connectivity index (χ3n) is 3.85. The lowest BCUT2D eigenvalue weighted by molar-refractivity contribution is -0.137. The second-order valence-electron chi connectivity index (χ2n) is 5.44. The van der Waals surface area contributed by atoms with Crippen LogP contribution in [-0.4, -0.2) is 65.3 Å². The third-order valence-corrected chi connectivity index (χ3v) is 4.74. The Labute approximate surface area is 133 Å². The number of rotatable bonds is 6. The number of carboxylic acids is 1. The van der Waals surface area contributed by atoms with Crippen LogP contribution in [0, 0.1) is 5.92 Å². The molecule has 1 unspecified atom stereocenters. The van der Waals surface area contributed by atoms with Gasteiger partial charge < -0.3 is 10.0 Å². The van der Waals surface area contributed by atoms with E-state index >= 15 is 0 Å². The lowest BCUT2D eigenvalue weighted by Gasteiger charge is -2.35. The molecule has 1 saturated heterocycles. The van der Waals surface area contributed by atoms with Crippen LogP contribution in [0.4, 0.5) is 0 Å². The number of piperazine rings is 1. The summed E-state index contributed by atoms with van der Waals surface area (Å²) in [6, 6.07) is 3.52. The van der Waals surface area contributed by atoms with Crippen LogP contribution in [0.3, 0.4) is 0 Å². The summed E-state index contributed by atoms with van der Waals surface area (Å²) in [4.78, 5) is 39.2. The maximum Gasteiger partial charge on any atom is 0.304 e. The minimum atomic E-state index is -0.961. The Morgan fingerprint density at radius 2 is 1.95 bits per heavy atom. The standard InChI is InChI=1S/C15H20N2O4S/c1-11(18)17-6-4-16(5-7-17)10-12(9-14(19)20)15(21)13-3-2-8-22-13/h2-3,8,12H,4-7,9-10H2,1H3,(H,19,20). The van der Waals surface area contributed by atoms with Crippen LogP contribution in [0.1, 0.15) is 23.0 Å². The van der Waals surface area contributed by atoms with Gasteiger partial charge in [-0.05, 0) is 11.4 Å². The molecule has 1 fully saturated rings. The van der Waals surface area contributed by atoms with E-state index < -0.39 is 11.9 Å². The van der Waals surface area contributed by atoms with Crippen molar-refractivity contribution in [2.24, 2.45) is 5.92 Å². The van der Waals surface area contributed by atoms with Gasteiger partial charge in [-0.3, -0.25) is 19.3 Å². The second kappa shape index (κ2) is 7.51. The molecular weight excluding hydrogens is 304 g/mol. The number of thiophene rings is 1. The summed E-state index contributed by atoms with van der Waals surface area (Å²) < 4.78 is 0. The lowest BCUT2D eigenvalue weighted by Crippen LogP contribution is -2.49. The molecule has 7 heteroatoms.